The number of rotatable bonds is 5. The molecule has 0 unspecified atom stereocenters. The molecule has 0 radical (unpaired) electrons. The highest BCUT2D eigenvalue weighted by atomic mass is 16.2. The molecule has 0 atom stereocenters. The fraction of sp³-hybridized carbons (Fsp3) is 0.714. The molecule has 194 valence electrons. The Morgan fingerprint density at radius 1 is 1.09 bits per heavy atom. The van der Waals surface area contributed by atoms with Gasteiger partial charge < -0.3 is 20.0 Å². The molecule has 6 nitrogen and oxygen atoms in total. The summed E-state index contributed by atoms with van der Waals surface area (Å²) in [5.41, 5.74) is 1.28. The molecule has 2 amide bonds. The summed E-state index contributed by atoms with van der Waals surface area (Å²) in [6, 6.07) is 0. The monoisotopic (exact) mass is 474 g/mol. The topological polar surface area (TPSA) is 55.9 Å². The Morgan fingerprint density at radius 2 is 1.65 bits per heavy atom. The summed E-state index contributed by atoms with van der Waals surface area (Å²) in [7, 11) is 6.03. The van der Waals surface area contributed by atoms with Crippen LogP contribution < -0.4 is 5.32 Å². The maximum Gasteiger partial charge on any atom is 0.228 e. The highest BCUT2D eigenvalue weighted by Gasteiger charge is 2.33. The molecule has 6 heteroatoms. The second-order valence-electron chi connectivity index (χ2n) is 10.9. The molecule has 0 aromatic carbocycles. The quantitative estimate of drug-likeness (QED) is 0.630. The number of allylic oxidation sites excluding steroid dienone is 5. The lowest BCUT2D eigenvalue weighted by molar-refractivity contribution is -0.139. The van der Waals surface area contributed by atoms with E-state index in [1.807, 2.05) is 23.9 Å². The molecule has 0 spiro atoms. The van der Waals surface area contributed by atoms with Crippen LogP contribution >= 0.6 is 0 Å². The molecule has 1 N–H and O–H groups in total. The summed E-state index contributed by atoms with van der Waals surface area (Å²) in [6.07, 6.45) is 14.0. The Morgan fingerprint density at radius 3 is 2.18 bits per heavy atom. The van der Waals surface area contributed by atoms with E-state index in [0.29, 0.717) is 5.91 Å². The van der Waals surface area contributed by atoms with Crippen molar-refractivity contribution in [3.05, 3.63) is 35.7 Å². The average Bonchev–Trinajstić information content (AvgIpc) is 2.80. The van der Waals surface area contributed by atoms with Gasteiger partial charge in [-0.1, -0.05) is 52.3 Å². The summed E-state index contributed by atoms with van der Waals surface area (Å²) in [5.74, 6) is 1.26. The Bertz CT molecular complexity index is 772. The van der Waals surface area contributed by atoms with Gasteiger partial charge in [0.25, 0.3) is 0 Å². The minimum absolute atomic E-state index is 0. The van der Waals surface area contributed by atoms with E-state index in [9.17, 15) is 9.59 Å². The van der Waals surface area contributed by atoms with Crippen molar-refractivity contribution in [1.82, 2.24) is 20.0 Å². The number of nitrogens with zero attached hydrogens (tertiary/aromatic N) is 3. The largest absolute Gasteiger partial charge is 0.364 e. The maximum atomic E-state index is 13.0. The van der Waals surface area contributed by atoms with E-state index in [-0.39, 0.29) is 24.6 Å². The van der Waals surface area contributed by atoms with E-state index < -0.39 is 0 Å². The first-order valence-electron chi connectivity index (χ1n) is 13.1. The average molecular weight is 475 g/mol. The molecule has 0 aromatic rings. The first kappa shape index (κ1) is 28.2. The Kier molecular flexibility index (Phi) is 10.9. The molecule has 3 rings (SSSR count). The van der Waals surface area contributed by atoms with Crippen molar-refractivity contribution in [2.24, 2.45) is 17.3 Å². The molecule has 34 heavy (non-hydrogen) atoms. The van der Waals surface area contributed by atoms with E-state index in [2.05, 4.69) is 69.3 Å². The number of nitrogens with one attached hydrogen (secondary N) is 1. The minimum atomic E-state index is -0.0202. The first-order valence-corrected chi connectivity index (χ1v) is 13.1. The summed E-state index contributed by atoms with van der Waals surface area (Å²) < 4.78 is 0. The SMILES string of the molecule is CCC.CN1CCN(C(=O)C2CCC(C(=O)N/C(=C/C3=CC=CCC3(C)C)N(C)C)CC2)CC1.[HH]. The van der Waals surface area contributed by atoms with E-state index in [1.54, 1.807) is 0 Å². The fourth-order valence-corrected chi connectivity index (χ4v) is 4.66. The van der Waals surface area contributed by atoms with Crippen LogP contribution in [0.4, 0.5) is 0 Å². The van der Waals surface area contributed by atoms with Crippen LogP contribution in [0.15, 0.2) is 35.7 Å². The first-order chi connectivity index (χ1) is 16.1. The predicted octanol–water partition coefficient (Wildman–Crippen LogP) is 4.66. The molecule has 1 saturated heterocycles. The van der Waals surface area contributed by atoms with Crippen LogP contribution in [0.3, 0.4) is 0 Å². The van der Waals surface area contributed by atoms with Crippen LogP contribution in [-0.4, -0.2) is 73.8 Å². The zero-order chi connectivity index (χ0) is 25.3. The Labute approximate surface area is 209 Å². The van der Waals surface area contributed by atoms with Gasteiger partial charge in [-0.25, -0.2) is 0 Å². The zero-order valence-corrected chi connectivity index (χ0v) is 22.7. The van der Waals surface area contributed by atoms with E-state index >= 15 is 0 Å². The van der Waals surface area contributed by atoms with E-state index in [1.165, 1.54) is 12.0 Å². The second-order valence-corrected chi connectivity index (χ2v) is 10.9. The van der Waals surface area contributed by atoms with Crippen molar-refractivity contribution >= 4 is 11.8 Å². The molecular formula is C28H50N4O2. The van der Waals surface area contributed by atoms with Gasteiger partial charge in [-0.3, -0.25) is 9.59 Å². The molecular weight excluding hydrogens is 424 g/mol. The van der Waals surface area contributed by atoms with Gasteiger partial charge in [0.2, 0.25) is 11.8 Å². The van der Waals surface area contributed by atoms with Gasteiger partial charge in [0, 0.05) is 53.5 Å². The van der Waals surface area contributed by atoms with Crippen LogP contribution in [0.5, 0.6) is 0 Å². The molecule has 0 aromatic heterocycles. The van der Waals surface area contributed by atoms with Crippen LogP contribution in [-0.2, 0) is 9.59 Å². The van der Waals surface area contributed by atoms with Crippen LogP contribution in [0, 0.1) is 17.3 Å². The lowest BCUT2D eigenvalue weighted by Gasteiger charge is -2.36. The van der Waals surface area contributed by atoms with Gasteiger partial charge in [0.05, 0.1) is 0 Å². The Hall–Kier alpha value is -2.08. The third-order valence-electron chi connectivity index (χ3n) is 7.11. The van der Waals surface area contributed by atoms with Crippen molar-refractivity contribution in [1.29, 1.82) is 0 Å². The van der Waals surface area contributed by atoms with Gasteiger partial charge in [-0.05, 0) is 56.2 Å². The van der Waals surface area contributed by atoms with Gasteiger partial charge in [0.15, 0.2) is 0 Å². The van der Waals surface area contributed by atoms with Crippen molar-refractivity contribution in [2.45, 2.75) is 66.2 Å². The molecule has 1 heterocycles. The smallest absolute Gasteiger partial charge is 0.228 e. The molecule has 2 aliphatic carbocycles. The van der Waals surface area contributed by atoms with Gasteiger partial charge in [0.1, 0.15) is 5.82 Å². The molecule has 3 aliphatic rings. The number of hydrogen-bond acceptors (Lipinski definition) is 4. The Balaban J connectivity index is 0.00000145. The van der Waals surface area contributed by atoms with Crippen molar-refractivity contribution in [3.63, 3.8) is 0 Å². The van der Waals surface area contributed by atoms with Crippen LogP contribution in [0.1, 0.15) is 67.6 Å². The number of carbonyl (C=O) groups is 2. The summed E-state index contributed by atoms with van der Waals surface area (Å²) in [6.45, 7) is 12.3. The third-order valence-corrected chi connectivity index (χ3v) is 7.11. The minimum Gasteiger partial charge on any atom is -0.364 e. The fourth-order valence-electron chi connectivity index (χ4n) is 4.66. The second kappa shape index (κ2) is 13.1. The van der Waals surface area contributed by atoms with Gasteiger partial charge in [-0.2, -0.15) is 0 Å². The molecule has 1 aliphatic heterocycles. The highest BCUT2D eigenvalue weighted by Crippen LogP contribution is 2.35. The number of piperazine rings is 1. The number of amides is 2. The molecule has 2 fully saturated rings. The van der Waals surface area contributed by atoms with Crippen LogP contribution in [0.25, 0.3) is 0 Å². The van der Waals surface area contributed by atoms with Gasteiger partial charge >= 0.3 is 0 Å². The van der Waals surface area contributed by atoms with E-state index in [0.717, 1.165) is 64.1 Å². The lowest BCUT2D eigenvalue weighted by Crippen LogP contribution is -2.49. The summed E-state index contributed by atoms with van der Waals surface area (Å²) in [4.78, 5) is 32.1. The summed E-state index contributed by atoms with van der Waals surface area (Å²) >= 11 is 0. The zero-order valence-electron chi connectivity index (χ0n) is 22.7. The van der Waals surface area contributed by atoms with Crippen molar-refractivity contribution in [2.75, 3.05) is 47.3 Å². The van der Waals surface area contributed by atoms with Crippen LogP contribution in [0.2, 0.25) is 0 Å². The number of carbonyl (C=O) groups excluding carboxylic acids is 2. The predicted molar refractivity (Wildman–Crippen MR) is 143 cm³/mol. The normalized spacial score (nSPS) is 25.1. The van der Waals surface area contributed by atoms with E-state index in [4.69, 9.17) is 0 Å². The molecule has 1 saturated carbocycles. The lowest BCUT2D eigenvalue weighted by atomic mass is 9.78. The standard InChI is InChI=1S/C25H40N4O2.C3H8.H2/c1-25(2)13-7-6-8-21(25)18-22(27(3)4)26-23(30)19-9-11-20(12-10-19)24(31)29-16-14-28(5)15-17-29;1-3-2;/h6-8,18-20H,9-17H2,1-5H3,(H,26,30);3H2,1-2H3;1H/b22-18-;;. The van der Waals surface area contributed by atoms with Gasteiger partial charge in [-0.15, -0.1) is 0 Å². The number of hydrogen-bond donors (Lipinski definition) is 1. The summed E-state index contributed by atoms with van der Waals surface area (Å²) in [5, 5.41) is 3.17. The maximum absolute atomic E-state index is 13.0. The number of likely N-dealkylation sites (N-methyl/N-ethyl adjacent to an activating group) is 1. The van der Waals surface area contributed by atoms with Crippen molar-refractivity contribution in [3.8, 4) is 0 Å². The third kappa shape index (κ3) is 8.00. The van der Waals surface area contributed by atoms with Crippen molar-refractivity contribution < 1.29 is 11.0 Å². The molecule has 0 bridgehead atoms. The highest BCUT2D eigenvalue weighted by molar-refractivity contribution is 5.82.